The quantitative estimate of drug-likeness (QED) is 0.361. The molecule has 0 aliphatic carbocycles. The molecule has 2 aliphatic heterocycles. The predicted octanol–water partition coefficient (Wildman–Crippen LogP) is 5.25. The number of fused-ring (bicyclic) bond motifs is 1. The number of ether oxygens (including phenoxy) is 3. The predicted molar refractivity (Wildman–Crippen MR) is 138 cm³/mol. The summed E-state index contributed by atoms with van der Waals surface area (Å²) in [6.07, 6.45) is 2.31. The van der Waals surface area contributed by atoms with Gasteiger partial charge in [0, 0.05) is 0 Å². The fraction of sp³-hybridized carbons (Fsp3) is 0.250. The van der Waals surface area contributed by atoms with Gasteiger partial charge in [-0.2, -0.15) is 15.1 Å². The van der Waals surface area contributed by atoms with Crippen molar-refractivity contribution in [1.29, 1.82) is 5.41 Å². The standard InChI is InChI=1S/C24H23BrN4O4S/c1-4-20-28-29-22(26)17(23(30)27-24(29)34-20)11-15-12-18(25)21(19(13-15)31-3)33-10-9-32-16-7-5-14(2)6-8-16/h5-8,11-13,26H,4,9-10H2,1-3H3/b17-11-,26-22?. The Morgan fingerprint density at radius 2 is 1.91 bits per heavy atom. The molecule has 0 saturated carbocycles. The number of halogens is 1. The van der Waals surface area contributed by atoms with Gasteiger partial charge in [0.1, 0.15) is 24.0 Å². The molecule has 1 amide bonds. The summed E-state index contributed by atoms with van der Waals surface area (Å²) >= 11 is 4.84. The number of rotatable bonds is 8. The lowest BCUT2D eigenvalue weighted by molar-refractivity contribution is -0.114. The van der Waals surface area contributed by atoms with Crippen LogP contribution in [0.25, 0.3) is 6.08 Å². The summed E-state index contributed by atoms with van der Waals surface area (Å²) in [6.45, 7) is 4.67. The number of hydrazone groups is 1. The maximum absolute atomic E-state index is 12.6. The summed E-state index contributed by atoms with van der Waals surface area (Å²) in [5, 5.41) is 15.5. The lowest BCUT2D eigenvalue weighted by Gasteiger charge is -2.20. The van der Waals surface area contributed by atoms with E-state index in [0.29, 0.717) is 46.3 Å². The summed E-state index contributed by atoms with van der Waals surface area (Å²) in [5.74, 6) is 1.31. The number of thioether (sulfide) groups is 1. The average Bonchev–Trinajstić information content (AvgIpc) is 3.24. The highest BCUT2D eigenvalue weighted by atomic mass is 79.9. The van der Waals surface area contributed by atoms with Gasteiger partial charge in [-0.25, -0.2) is 0 Å². The van der Waals surface area contributed by atoms with Crippen LogP contribution in [-0.4, -0.2) is 47.3 Å². The van der Waals surface area contributed by atoms with Gasteiger partial charge in [-0.3, -0.25) is 10.2 Å². The molecule has 34 heavy (non-hydrogen) atoms. The second-order valence-electron chi connectivity index (χ2n) is 7.41. The molecule has 8 nitrogen and oxygen atoms in total. The number of hydrogen-bond donors (Lipinski definition) is 1. The molecular weight excluding hydrogens is 520 g/mol. The fourth-order valence-corrected chi connectivity index (χ4v) is 4.64. The number of nitrogens with one attached hydrogen (secondary N) is 1. The van der Waals surface area contributed by atoms with Gasteiger partial charge in [0.05, 0.1) is 17.2 Å². The van der Waals surface area contributed by atoms with Gasteiger partial charge in [0.15, 0.2) is 17.3 Å². The average molecular weight is 543 g/mol. The molecule has 0 spiro atoms. The maximum atomic E-state index is 12.6. The van der Waals surface area contributed by atoms with Gasteiger partial charge in [0.2, 0.25) is 5.17 Å². The summed E-state index contributed by atoms with van der Waals surface area (Å²) in [7, 11) is 1.54. The molecule has 1 N–H and O–H groups in total. The number of carbonyl (C=O) groups is 1. The van der Waals surface area contributed by atoms with E-state index in [1.165, 1.54) is 22.3 Å². The zero-order valence-corrected chi connectivity index (χ0v) is 21.3. The third-order valence-corrected chi connectivity index (χ3v) is 6.62. The number of benzene rings is 2. The molecule has 2 aromatic rings. The highest BCUT2D eigenvalue weighted by Crippen LogP contribution is 2.38. The number of amidine groups is 2. The number of amides is 1. The number of aryl methyl sites for hydroxylation is 1. The Bertz CT molecular complexity index is 1220. The van der Waals surface area contributed by atoms with Crippen LogP contribution < -0.4 is 14.2 Å². The highest BCUT2D eigenvalue weighted by Gasteiger charge is 2.35. The first-order chi connectivity index (χ1) is 16.4. The number of carbonyl (C=O) groups excluding carboxylic acids is 1. The highest BCUT2D eigenvalue weighted by molar-refractivity contribution is 9.10. The Morgan fingerprint density at radius 1 is 1.18 bits per heavy atom. The van der Waals surface area contributed by atoms with Crippen molar-refractivity contribution in [2.75, 3.05) is 20.3 Å². The van der Waals surface area contributed by atoms with Crippen molar-refractivity contribution in [2.45, 2.75) is 20.3 Å². The van der Waals surface area contributed by atoms with Crippen LogP contribution in [-0.2, 0) is 4.79 Å². The van der Waals surface area contributed by atoms with E-state index in [9.17, 15) is 4.79 Å². The Hall–Kier alpha value is -3.11. The summed E-state index contributed by atoms with van der Waals surface area (Å²) in [5.41, 5.74) is 1.98. The first-order valence-corrected chi connectivity index (χ1v) is 12.2. The largest absolute Gasteiger partial charge is 0.493 e. The van der Waals surface area contributed by atoms with Crippen molar-refractivity contribution in [1.82, 2.24) is 5.01 Å². The fourth-order valence-electron chi connectivity index (χ4n) is 3.24. The molecular formula is C24H23BrN4O4S. The number of nitrogens with zero attached hydrogens (tertiary/aromatic N) is 3. The molecule has 0 aromatic heterocycles. The minimum absolute atomic E-state index is 0.00498. The first kappa shape index (κ1) is 24.0. The van der Waals surface area contributed by atoms with Crippen molar-refractivity contribution < 1.29 is 19.0 Å². The molecule has 4 rings (SSSR count). The summed E-state index contributed by atoms with van der Waals surface area (Å²) in [4.78, 5) is 16.7. The Kier molecular flexibility index (Phi) is 7.38. The molecule has 0 unspecified atom stereocenters. The smallest absolute Gasteiger partial charge is 0.283 e. The SMILES string of the molecule is CCC1=NN2C(=N)/C(=C/c3cc(Br)c(OCCOc4ccc(C)cc4)c(OC)c3)C(=O)N=C2S1. The van der Waals surface area contributed by atoms with Gasteiger partial charge < -0.3 is 14.2 Å². The molecule has 0 radical (unpaired) electrons. The molecule has 2 aromatic carbocycles. The lowest BCUT2D eigenvalue weighted by Crippen LogP contribution is -2.35. The molecule has 176 valence electrons. The monoisotopic (exact) mass is 542 g/mol. The zero-order valence-electron chi connectivity index (χ0n) is 18.9. The van der Waals surface area contributed by atoms with Gasteiger partial charge in [-0.1, -0.05) is 24.6 Å². The van der Waals surface area contributed by atoms with Gasteiger partial charge in [0.25, 0.3) is 5.91 Å². The number of aliphatic imine (C=N–C) groups is 1. The van der Waals surface area contributed by atoms with Crippen LogP contribution in [0.2, 0.25) is 0 Å². The van der Waals surface area contributed by atoms with E-state index in [0.717, 1.165) is 10.8 Å². The van der Waals surface area contributed by atoms with E-state index in [2.05, 4.69) is 26.0 Å². The maximum Gasteiger partial charge on any atom is 0.283 e. The van der Waals surface area contributed by atoms with Crippen LogP contribution in [0.1, 0.15) is 24.5 Å². The molecule has 0 bridgehead atoms. The molecule has 0 saturated heterocycles. The number of methoxy groups -OCH3 is 1. The van der Waals surface area contributed by atoms with Crippen LogP contribution in [0.5, 0.6) is 17.2 Å². The minimum Gasteiger partial charge on any atom is -0.493 e. The van der Waals surface area contributed by atoms with E-state index in [4.69, 9.17) is 19.6 Å². The van der Waals surface area contributed by atoms with E-state index < -0.39 is 5.91 Å². The molecule has 2 heterocycles. The first-order valence-electron chi connectivity index (χ1n) is 10.6. The Morgan fingerprint density at radius 3 is 2.62 bits per heavy atom. The normalized spacial score (nSPS) is 16.4. The minimum atomic E-state index is -0.472. The third-order valence-electron chi connectivity index (χ3n) is 4.98. The zero-order chi connectivity index (χ0) is 24.2. The summed E-state index contributed by atoms with van der Waals surface area (Å²) in [6, 6.07) is 11.4. The van der Waals surface area contributed by atoms with Crippen molar-refractivity contribution in [3.05, 3.63) is 57.6 Å². The van der Waals surface area contributed by atoms with Crippen molar-refractivity contribution in [3.8, 4) is 17.2 Å². The number of hydrogen-bond acceptors (Lipinski definition) is 7. The van der Waals surface area contributed by atoms with E-state index in [-0.39, 0.29) is 11.4 Å². The Labute approximate surface area is 210 Å². The Balaban J connectivity index is 1.48. The van der Waals surface area contributed by atoms with Crippen molar-refractivity contribution in [3.63, 3.8) is 0 Å². The van der Waals surface area contributed by atoms with Crippen molar-refractivity contribution in [2.24, 2.45) is 10.1 Å². The topological polar surface area (TPSA) is 96.6 Å². The molecule has 0 fully saturated rings. The van der Waals surface area contributed by atoms with E-state index in [1.54, 1.807) is 25.3 Å². The lowest BCUT2D eigenvalue weighted by atomic mass is 10.1. The van der Waals surface area contributed by atoms with Crippen LogP contribution in [0, 0.1) is 12.3 Å². The van der Waals surface area contributed by atoms with Crippen molar-refractivity contribution >= 4 is 55.7 Å². The second kappa shape index (κ2) is 10.4. The summed E-state index contributed by atoms with van der Waals surface area (Å²) < 4.78 is 17.8. The van der Waals surface area contributed by atoms with Crippen LogP contribution in [0.15, 0.2) is 56.5 Å². The van der Waals surface area contributed by atoms with Gasteiger partial charge in [-0.15, -0.1) is 0 Å². The molecule has 2 aliphatic rings. The van der Waals surface area contributed by atoms with Crippen LogP contribution >= 0.6 is 27.7 Å². The third kappa shape index (κ3) is 5.18. The second-order valence-corrected chi connectivity index (χ2v) is 9.31. The van der Waals surface area contributed by atoms with E-state index in [1.807, 2.05) is 38.1 Å². The van der Waals surface area contributed by atoms with Gasteiger partial charge in [-0.05, 0) is 76.9 Å². The molecule has 10 heteroatoms. The van der Waals surface area contributed by atoms with Crippen LogP contribution in [0.4, 0.5) is 0 Å². The molecule has 0 atom stereocenters. The van der Waals surface area contributed by atoms with Gasteiger partial charge >= 0.3 is 0 Å². The van der Waals surface area contributed by atoms with E-state index >= 15 is 0 Å². The van der Waals surface area contributed by atoms with Crippen LogP contribution in [0.3, 0.4) is 0 Å².